The van der Waals surface area contributed by atoms with Crippen LogP contribution in [0.1, 0.15) is 33.2 Å². The zero-order valence-electron chi connectivity index (χ0n) is 16.2. The third-order valence-corrected chi connectivity index (χ3v) is 5.41. The highest BCUT2D eigenvalue weighted by atomic mass is 32.2. The first-order chi connectivity index (χ1) is 13.9. The summed E-state index contributed by atoms with van der Waals surface area (Å²) in [7, 11) is 0. The van der Waals surface area contributed by atoms with Gasteiger partial charge < -0.3 is 4.74 Å². The first-order valence-electron chi connectivity index (χ1n) is 9.18. The van der Waals surface area contributed by atoms with E-state index in [0.717, 1.165) is 22.9 Å². The lowest BCUT2D eigenvalue weighted by molar-refractivity contribution is -0.144. The highest BCUT2D eigenvalue weighted by Gasteiger charge is 2.26. The van der Waals surface area contributed by atoms with Crippen LogP contribution in [0.3, 0.4) is 0 Å². The summed E-state index contributed by atoms with van der Waals surface area (Å²) in [6.45, 7) is 3.88. The van der Waals surface area contributed by atoms with Gasteiger partial charge in [-0.3, -0.25) is 9.59 Å². The van der Waals surface area contributed by atoms with Crippen LogP contribution in [0.15, 0.2) is 77.7 Å². The van der Waals surface area contributed by atoms with Crippen molar-refractivity contribution in [3.05, 3.63) is 101 Å². The Balaban J connectivity index is 1.78. The number of esters is 1. The number of halogens is 1. The maximum absolute atomic E-state index is 13.8. The molecule has 3 rings (SSSR count). The van der Waals surface area contributed by atoms with Crippen LogP contribution in [0.2, 0.25) is 0 Å². The summed E-state index contributed by atoms with van der Waals surface area (Å²) in [5, 5.41) is 0. The Bertz CT molecular complexity index is 997. The van der Waals surface area contributed by atoms with E-state index >= 15 is 0 Å². The zero-order valence-corrected chi connectivity index (χ0v) is 17.0. The van der Waals surface area contributed by atoms with E-state index in [1.54, 1.807) is 42.5 Å². The van der Waals surface area contributed by atoms with Crippen molar-refractivity contribution < 1.29 is 18.7 Å². The highest BCUT2D eigenvalue weighted by Crippen LogP contribution is 2.26. The summed E-state index contributed by atoms with van der Waals surface area (Å²) in [6.07, 6.45) is -1.05. The van der Waals surface area contributed by atoms with E-state index in [0.29, 0.717) is 16.0 Å². The number of thioether (sulfide) groups is 1. The minimum absolute atomic E-state index is 0.0928. The van der Waals surface area contributed by atoms with Gasteiger partial charge in [-0.1, -0.05) is 71.8 Å². The van der Waals surface area contributed by atoms with Crippen LogP contribution in [-0.2, 0) is 9.53 Å². The Labute approximate surface area is 173 Å². The van der Waals surface area contributed by atoms with Crippen molar-refractivity contribution in [2.24, 2.45) is 0 Å². The Morgan fingerprint density at radius 1 is 0.897 bits per heavy atom. The molecule has 0 aliphatic carbocycles. The second-order valence-electron chi connectivity index (χ2n) is 6.73. The molecule has 0 saturated heterocycles. The van der Waals surface area contributed by atoms with Crippen LogP contribution in [0.25, 0.3) is 0 Å². The molecule has 0 aliphatic heterocycles. The average molecular weight is 408 g/mol. The van der Waals surface area contributed by atoms with Crippen LogP contribution < -0.4 is 0 Å². The van der Waals surface area contributed by atoms with Crippen molar-refractivity contribution in [1.82, 2.24) is 0 Å². The van der Waals surface area contributed by atoms with Gasteiger partial charge in [-0.15, -0.1) is 11.8 Å². The Morgan fingerprint density at radius 3 is 2.10 bits per heavy atom. The predicted molar refractivity (Wildman–Crippen MR) is 113 cm³/mol. The van der Waals surface area contributed by atoms with Gasteiger partial charge in [-0.25, -0.2) is 4.39 Å². The third-order valence-electron chi connectivity index (χ3n) is 4.39. The van der Waals surface area contributed by atoms with Gasteiger partial charge in [-0.2, -0.15) is 0 Å². The molecular formula is C24H21FO3S. The maximum atomic E-state index is 13.8. The van der Waals surface area contributed by atoms with Crippen LogP contribution in [0.5, 0.6) is 0 Å². The molecule has 0 saturated carbocycles. The molecule has 0 heterocycles. The summed E-state index contributed by atoms with van der Waals surface area (Å²) < 4.78 is 19.3. The van der Waals surface area contributed by atoms with E-state index in [1.807, 2.05) is 38.1 Å². The minimum atomic E-state index is -1.05. The molecule has 0 radical (unpaired) electrons. The topological polar surface area (TPSA) is 43.4 Å². The van der Waals surface area contributed by atoms with E-state index in [2.05, 4.69) is 0 Å². The molecule has 0 spiro atoms. The molecular weight excluding hydrogens is 387 g/mol. The molecule has 3 aromatic carbocycles. The third kappa shape index (κ3) is 5.55. The molecule has 0 N–H and O–H groups in total. The SMILES string of the molecule is Cc1ccc(C(=O)[C@@H](OC(=O)CSc2ccccc2F)c2ccc(C)cc2)cc1. The number of hydrogen-bond acceptors (Lipinski definition) is 4. The largest absolute Gasteiger partial charge is 0.448 e. The van der Waals surface area contributed by atoms with E-state index in [4.69, 9.17) is 4.74 Å². The van der Waals surface area contributed by atoms with Crippen molar-refractivity contribution in [2.75, 3.05) is 5.75 Å². The standard InChI is InChI=1S/C24H21FO3S/c1-16-7-11-18(12-8-16)23(27)24(19-13-9-17(2)10-14-19)28-22(26)15-29-21-6-4-3-5-20(21)25/h3-14,24H,15H2,1-2H3/t24-/m0/s1. The van der Waals surface area contributed by atoms with Crippen molar-refractivity contribution >= 4 is 23.5 Å². The lowest BCUT2D eigenvalue weighted by Crippen LogP contribution is -2.21. The molecule has 0 aromatic heterocycles. The molecule has 0 fully saturated rings. The number of rotatable bonds is 7. The van der Waals surface area contributed by atoms with E-state index in [1.165, 1.54) is 6.07 Å². The zero-order chi connectivity index (χ0) is 20.8. The van der Waals surface area contributed by atoms with Crippen molar-refractivity contribution in [3.8, 4) is 0 Å². The fraction of sp³-hybridized carbons (Fsp3) is 0.167. The van der Waals surface area contributed by atoms with Crippen LogP contribution >= 0.6 is 11.8 Å². The number of carbonyl (C=O) groups is 2. The summed E-state index contributed by atoms with van der Waals surface area (Å²) in [5.74, 6) is -1.36. The smallest absolute Gasteiger partial charge is 0.317 e. The fourth-order valence-electron chi connectivity index (χ4n) is 2.75. The number of ketones is 1. The predicted octanol–water partition coefficient (Wildman–Crippen LogP) is 5.70. The molecule has 0 bridgehead atoms. The fourth-order valence-corrected chi connectivity index (χ4v) is 3.47. The quantitative estimate of drug-likeness (QED) is 0.286. The molecule has 1 atom stereocenters. The molecule has 148 valence electrons. The van der Waals surface area contributed by atoms with Crippen LogP contribution in [-0.4, -0.2) is 17.5 Å². The number of aryl methyl sites for hydroxylation is 2. The lowest BCUT2D eigenvalue weighted by Gasteiger charge is -2.18. The molecule has 3 nitrogen and oxygen atoms in total. The van der Waals surface area contributed by atoms with Crippen LogP contribution in [0.4, 0.5) is 4.39 Å². The van der Waals surface area contributed by atoms with Gasteiger partial charge in [0.05, 0.1) is 5.75 Å². The van der Waals surface area contributed by atoms with Gasteiger partial charge in [0.15, 0.2) is 6.10 Å². The minimum Gasteiger partial charge on any atom is -0.448 e. The highest BCUT2D eigenvalue weighted by molar-refractivity contribution is 8.00. The second-order valence-corrected chi connectivity index (χ2v) is 7.75. The summed E-state index contributed by atoms with van der Waals surface area (Å²) in [6, 6.07) is 20.7. The van der Waals surface area contributed by atoms with E-state index < -0.39 is 17.9 Å². The number of ether oxygens (including phenoxy) is 1. The van der Waals surface area contributed by atoms with Crippen molar-refractivity contribution in [2.45, 2.75) is 24.8 Å². The molecule has 5 heteroatoms. The number of Topliss-reactive ketones (excluding diaryl/α,β-unsaturated/α-hetero) is 1. The molecule has 0 aliphatic rings. The van der Waals surface area contributed by atoms with Gasteiger partial charge >= 0.3 is 5.97 Å². The molecule has 29 heavy (non-hydrogen) atoms. The van der Waals surface area contributed by atoms with E-state index in [-0.39, 0.29) is 11.5 Å². The van der Waals surface area contributed by atoms with Crippen LogP contribution in [0, 0.1) is 19.7 Å². The van der Waals surface area contributed by atoms with Gasteiger partial charge in [0.1, 0.15) is 5.82 Å². The summed E-state index contributed by atoms with van der Waals surface area (Å²) >= 11 is 1.04. The van der Waals surface area contributed by atoms with Gasteiger partial charge in [0, 0.05) is 16.0 Å². The molecule has 0 unspecified atom stereocenters. The first-order valence-corrected chi connectivity index (χ1v) is 10.2. The second kappa shape index (κ2) is 9.52. The summed E-state index contributed by atoms with van der Waals surface area (Å²) in [4.78, 5) is 25.9. The normalized spacial score (nSPS) is 11.7. The van der Waals surface area contributed by atoms with Gasteiger partial charge in [-0.05, 0) is 26.0 Å². The van der Waals surface area contributed by atoms with Crippen molar-refractivity contribution in [3.63, 3.8) is 0 Å². The maximum Gasteiger partial charge on any atom is 0.317 e. The average Bonchev–Trinajstić information content (AvgIpc) is 2.72. The lowest BCUT2D eigenvalue weighted by atomic mass is 9.98. The van der Waals surface area contributed by atoms with Gasteiger partial charge in [0.25, 0.3) is 0 Å². The number of benzene rings is 3. The number of hydrogen-bond donors (Lipinski definition) is 0. The molecule has 3 aromatic rings. The Morgan fingerprint density at radius 2 is 1.48 bits per heavy atom. The van der Waals surface area contributed by atoms with E-state index in [9.17, 15) is 14.0 Å². The summed E-state index contributed by atoms with van der Waals surface area (Å²) in [5.41, 5.74) is 3.14. The van der Waals surface area contributed by atoms with Crippen molar-refractivity contribution in [1.29, 1.82) is 0 Å². The number of carbonyl (C=O) groups excluding carboxylic acids is 2. The van der Waals surface area contributed by atoms with Gasteiger partial charge in [0.2, 0.25) is 5.78 Å². The first kappa shape index (κ1) is 20.8. The Hall–Kier alpha value is -2.92. The molecule has 0 amide bonds. The Kier molecular flexibility index (Phi) is 6.83. The monoisotopic (exact) mass is 408 g/mol.